The van der Waals surface area contributed by atoms with Gasteiger partial charge in [-0.2, -0.15) is 42.8 Å². The number of hydrogen-bond acceptors (Lipinski definition) is 2. The molecule has 0 atom stereocenters. The van der Waals surface area contributed by atoms with Gasteiger partial charge in [0.15, 0.2) is 0 Å². The third-order valence-electron chi connectivity index (χ3n) is 3.96. The Morgan fingerprint density at radius 3 is 1.06 bits per heavy atom. The van der Waals surface area contributed by atoms with Gasteiger partial charge in [0, 0.05) is 0 Å². The summed E-state index contributed by atoms with van der Waals surface area (Å²) in [5, 5.41) is 0. The summed E-state index contributed by atoms with van der Waals surface area (Å²) in [6, 6.07) is 12.5. The van der Waals surface area contributed by atoms with Crippen LogP contribution in [-0.4, -0.2) is 29.4 Å². The van der Waals surface area contributed by atoms with Crippen molar-refractivity contribution in [2.45, 2.75) is 96.8 Å². The summed E-state index contributed by atoms with van der Waals surface area (Å²) in [5.41, 5.74) is 0. The van der Waals surface area contributed by atoms with E-state index in [4.69, 9.17) is 29.4 Å². The Bertz CT molecular complexity index is 482. The van der Waals surface area contributed by atoms with Crippen LogP contribution in [0.1, 0.15) is 96.8 Å². The minimum atomic E-state index is -3.81. The summed E-state index contributed by atoms with van der Waals surface area (Å²) >= 11 is 7.21. The molecule has 1 aromatic rings. The molecule has 6 nitrogen and oxygen atoms in total. The van der Waals surface area contributed by atoms with Crippen molar-refractivity contribution in [3.05, 3.63) is 43.3 Å². The van der Waals surface area contributed by atoms with E-state index in [9.17, 15) is 0 Å². The van der Waals surface area contributed by atoms with Gasteiger partial charge in [-0.1, -0.05) is 90.4 Å². The van der Waals surface area contributed by atoms with Gasteiger partial charge < -0.3 is 36.3 Å². The second kappa shape index (κ2) is 30.9. The van der Waals surface area contributed by atoms with Crippen molar-refractivity contribution in [2.75, 3.05) is 0 Å². The van der Waals surface area contributed by atoms with Crippen LogP contribution in [0.2, 0.25) is 0 Å². The van der Waals surface area contributed by atoms with Crippen LogP contribution < -0.4 is 0 Å². The predicted molar refractivity (Wildman–Crippen MR) is 143 cm³/mol. The zero-order chi connectivity index (χ0) is 25.1. The monoisotopic (exact) mass is 594 g/mol. The first-order chi connectivity index (χ1) is 14.9. The molecule has 11 heteroatoms. The van der Waals surface area contributed by atoms with Crippen molar-refractivity contribution < 1.29 is 48.8 Å². The van der Waals surface area contributed by atoms with E-state index in [1.54, 1.807) is 0 Å². The molecular formula is C22H44O6P2S2Zn. The average molecular weight is 596 g/mol. The minimum absolute atomic E-state index is 0. The second-order valence-electron chi connectivity index (χ2n) is 7.20. The van der Waals surface area contributed by atoms with E-state index >= 15 is 0 Å². The fraction of sp³-hybridized carbons (Fsp3) is 0.682. The molecule has 0 spiro atoms. The minimum Gasteiger partial charge on any atom is -0.343 e. The molecule has 1 aromatic carbocycles. The molecule has 0 bridgehead atoms. The van der Waals surface area contributed by atoms with Crippen molar-refractivity contribution in [1.82, 2.24) is 0 Å². The quantitative estimate of drug-likeness (QED) is 0.0694. The fourth-order valence-corrected chi connectivity index (χ4v) is 2.54. The summed E-state index contributed by atoms with van der Waals surface area (Å²) in [5.74, 6) is 0. The summed E-state index contributed by atoms with van der Waals surface area (Å²) in [7, 11) is 0. The Morgan fingerprint density at radius 1 is 0.606 bits per heavy atom. The first-order valence-electron chi connectivity index (χ1n) is 11.2. The Kier molecular flexibility index (Phi) is 38.5. The molecule has 0 unspecified atom stereocenters. The van der Waals surface area contributed by atoms with Gasteiger partial charge in [-0.25, -0.2) is 0 Å². The molecule has 6 N–H and O–H groups in total. The molecule has 0 saturated heterocycles. The van der Waals surface area contributed by atoms with E-state index in [0.29, 0.717) is 0 Å². The molecule has 1 rings (SSSR count). The van der Waals surface area contributed by atoms with Gasteiger partial charge in [0.05, 0.1) is 0 Å². The van der Waals surface area contributed by atoms with Crippen LogP contribution in [0.25, 0.3) is 0 Å². The third kappa shape index (κ3) is 79.3. The van der Waals surface area contributed by atoms with Crippen molar-refractivity contribution in [1.29, 1.82) is 0 Å². The Labute approximate surface area is 225 Å². The maximum absolute atomic E-state index is 7.56. The molecule has 33 heavy (non-hydrogen) atoms. The van der Waals surface area contributed by atoms with Crippen molar-refractivity contribution >= 4 is 37.1 Å². The van der Waals surface area contributed by atoms with E-state index in [-0.39, 0.29) is 19.5 Å². The smallest absolute Gasteiger partial charge is 0.343 e. The Morgan fingerprint density at radius 2 is 0.879 bits per heavy atom. The first kappa shape index (κ1) is 41.0. The molecule has 0 aliphatic rings. The zero-order valence-corrected chi connectivity index (χ0v) is 26.5. The van der Waals surface area contributed by atoms with Crippen LogP contribution in [-0.2, 0) is 43.1 Å². The summed E-state index contributed by atoms with van der Waals surface area (Å²) in [6.07, 6.45) is 19.8. The SMILES string of the molecule is OP(O)(O)=S.OP(O)(O)=S.[CH2-]CCCCCCCCCCCCCCC.[Zn+2].[c-]1ccccc1. The molecule has 0 fully saturated rings. The average Bonchev–Trinajstić information content (AvgIpc) is 2.68. The standard InChI is InChI=1S/C16H33.C6H5.2H3O3PS.Zn/c1-3-5-7-9-11-13-15-16-14-12-10-8-6-4-2;1-2-4-6-5-3-1;2*1-4(2,3)5;/h1,3-16H2,2H3;1-5H;2*(H3,1,2,3,5);/q2*-1;;;+2. The van der Waals surface area contributed by atoms with Crippen LogP contribution in [0.3, 0.4) is 0 Å². The summed E-state index contributed by atoms with van der Waals surface area (Å²) in [6.45, 7) is -1.45. The third-order valence-corrected chi connectivity index (χ3v) is 3.96. The predicted octanol–water partition coefficient (Wildman–Crippen LogP) is 6.16. The molecule has 0 aliphatic heterocycles. The van der Waals surface area contributed by atoms with Crippen LogP contribution in [0.4, 0.5) is 0 Å². The largest absolute Gasteiger partial charge is 2.00 e. The van der Waals surface area contributed by atoms with E-state index in [0.717, 1.165) is 6.42 Å². The first-order valence-corrected chi connectivity index (χ1v) is 16.5. The number of unbranched alkanes of at least 4 members (excludes halogenated alkanes) is 13. The maximum atomic E-state index is 7.56. The Balaban J connectivity index is -0.000000202. The fourth-order valence-electron chi connectivity index (χ4n) is 2.54. The molecule has 0 saturated carbocycles. The molecule has 0 radical (unpaired) electrons. The van der Waals surface area contributed by atoms with Gasteiger partial charge in [0.25, 0.3) is 0 Å². The zero-order valence-electron chi connectivity index (χ0n) is 20.1. The number of hydrogen-bond donors (Lipinski definition) is 6. The van der Waals surface area contributed by atoms with Crippen molar-refractivity contribution in [2.24, 2.45) is 0 Å². The van der Waals surface area contributed by atoms with Gasteiger partial charge in [-0.15, -0.1) is 0 Å². The topological polar surface area (TPSA) is 121 Å². The van der Waals surface area contributed by atoms with Gasteiger partial charge in [-0.05, 0) is 23.6 Å². The number of benzene rings is 1. The summed E-state index contributed by atoms with van der Waals surface area (Å²) < 4.78 is 0. The van der Waals surface area contributed by atoms with Crippen LogP contribution in [0.5, 0.6) is 0 Å². The second-order valence-corrected chi connectivity index (χ2v) is 12.2. The van der Waals surface area contributed by atoms with Gasteiger partial charge in [-0.3, -0.25) is 0 Å². The van der Waals surface area contributed by atoms with Gasteiger partial charge in [0.1, 0.15) is 0 Å². The van der Waals surface area contributed by atoms with E-state index in [2.05, 4.69) is 43.5 Å². The molecule has 0 aliphatic carbocycles. The Hall–Kier alpha value is 0.903. The van der Waals surface area contributed by atoms with E-state index < -0.39 is 13.4 Å². The van der Waals surface area contributed by atoms with E-state index in [1.165, 1.54) is 83.5 Å². The molecule has 0 heterocycles. The van der Waals surface area contributed by atoms with Crippen molar-refractivity contribution in [3.63, 3.8) is 0 Å². The van der Waals surface area contributed by atoms with Crippen LogP contribution in [0, 0.1) is 13.0 Å². The molecular weight excluding hydrogens is 552 g/mol. The molecule has 0 aromatic heterocycles. The maximum Gasteiger partial charge on any atom is 2.00 e. The summed E-state index contributed by atoms with van der Waals surface area (Å²) in [4.78, 5) is 45.3. The van der Waals surface area contributed by atoms with Crippen LogP contribution >= 0.6 is 13.4 Å². The normalized spacial score (nSPS) is 10.3. The molecule has 0 amide bonds. The molecule has 192 valence electrons. The van der Waals surface area contributed by atoms with Crippen LogP contribution in [0.15, 0.2) is 30.3 Å². The van der Waals surface area contributed by atoms with Gasteiger partial charge in [0.2, 0.25) is 0 Å². The van der Waals surface area contributed by atoms with Gasteiger partial charge >= 0.3 is 32.9 Å². The van der Waals surface area contributed by atoms with Crippen molar-refractivity contribution in [3.8, 4) is 0 Å². The number of rotatable bonds is 13. The van der Waals surface area contributed by atoms with E-state index in [1.807, 2.05) is 30.3 Å².